The van der Waals surface area contributed by atoms with E-state index < -0.39 is 0 Å². The van der Waals surface area contributed by atoms with Crippen molar-refractivity contribution in [1.82, 2.24) is 0 Å². The minimum absolute atomic E-state index is 0.258. The molecule has 0 saturated carbocycles. The number of hydrogen-bond donors (Lipinski definition) is 1. The number of oxime groups is 1. The summed E-state index contributed by atoms with van der Waals surface area (Å²) in [5.74, 6) is -0.516. The Morgan fingerprint density at radius 2 is 1.14 bits per heavy atom. The van der Waals surface area contributed by atoms with Gasteiger partial charge in [0.2, 0.25) is 0 Å². The standard InChI is InChI=1S/C17H17F2NO/c18-15-7-1-13(2-8-15)5-11-17(20-21)12-6-14-3-9-16(19)10-4-14/h1-4,7-10,21H,5-6,11-12H2. The van der Waals surface area contributed by atoms with Crippen LogP contribution in [0.25, 0.3) is 0 Å². The molecule has 21 heavy (non-hydrogen) atoms. The van der Waals surface area contributed by atoms with E-state index in [2.05, 4.69) is 5.16 Å². The molecule has 0 fully saturated rings. The zero-order valence-electron chi connectivity index (χ0n) is 11.6. The number of hydrogen-bond acceptors (Lipinski definition) is 2. The second kappa shape index (κ2) is 7.53. The average molecular weight is 289 g/mol. The summed E-state index contributed by atoms with van der Waals surface area (Å²) >= 11 is 0. The summed E-state index contributed by atoms with van der Waals surface area (Å²) in [6.45, 7) is 0. The van der Waals surface area contributed by atoms with Crippen molar-refractivity contribution in [2.45, 2.75) is 25.7 Å². The van der Waals surface area contributed by atoms with Gasteiger partial charge in [0.1, 0.15) is 11.6 Å². The van der Waals surface area contributed by atoms with Crippen molar-refractivity contribution in [3.63, 3.8) is 0 Å². The molecule has 0 heterocycles. The number of aryl methyl sites for hydroxylation is 2. The molecule has 0 aliphatic rings. The average Bonchev–Trinajstić information content (AvgIpc) is 2.51. The van der Waals surface area contributed by atoms with Gasteiger partial charge in [0.25, 0.3) is 0 Å². The van der Waals surface area contributed by atoms with Crippen molar-refractivity contribution in [2.24, 2.45) is 5.16 Å². The predicted molar refractivity (Wildman–Crippen MR) is 78.7 cm³/mol. The van der Waals surface area contributed by atoms with E-state index in [0.29, 0.717) is 31.4 Å². The van der Waals surface area contributed by atoms with E-state index in [-0.39, 0.29) is 11.6 Å². The van der Waals surface area contributed by atoms with Crippen molar-refractivity contribution in [2.75, 3.05) is 0 Å². The largest absolute Gasteiger partial charge is 0.411 e. The maximum absolute atomic E-state index is 12.8. The highest BCUT2D eigenvalue weighted by atomic mass is 19.1. The molecule has 0 radical (unpaired) electrons. The summed E-state index contributed by atoms with van der Waals surface area (Å²) in [5, 5.41) is 12.4. The van der Waals surface area contributed by atoms with Gasteiger partial charge in [-0.15, -0.1) is 0 Å². The predicted octanol–water partition coefficient (Wildman–Crippen LogP) is 4.36. The fraction of sp³-hybridized carbons (Fsp3) is 0.235. The van der Waals surface area contributed by atoms with Gasteiger partial charge in [-0.3, -0.25) is 0 Å². The van der Waals surface area contributed by atoms with Crippen molar-refractivity contribution in [3.05, 3.63) is 71.3 Å². The summed E-state index contributed by atoms with van der Waals surface area (Å²) < 4.78 is 25.6. The van der Waals surface area contributed by atoms with Crippen molar-refractivity contribution >= 4 is 5.71 Å². The Kier molecular flexibility index (Phi) is 5.43. The summed E-state index contributed by atoms with van der Waals surface area (Å²) in [4.78, 5) is 0. The topological polar surface area (TPSA) is 32.6 Å². The van der Waals surface area contributed by atoms with Gasteiger partial charge in [-0.1, -0.05) is 29.4 Å². The van der Waals surface area contributed by atoms with Crippen LogP contribution in [0.3, 0.4) is 0 Å². The zero-order valence-corrected chi connectivity index (χ0v) is 11.6. The molecule has 2 nitrogen and oxygen atoms in total. The van der Waals surface area contributed by atoms with Gasteiger partial charge in [-0.05, 0) is 61.1 Å². The van der Waals surface area contributed by atoms with Gasteiger partial charge in [-0.25, -0.2) is 8.78 Å². The Hall–Kier alpha value is -2.23. The number of halogens is 2. The molecule has 0 unspecified atom stereocenters. The Morgan fingerprint density at radius 1 is 0.762 bits per heavy atom. The molecule has 0 amide bonds. The minimum Gasteiger partial charge on any atom is -0.411 e. The highest BCUT2D eigenvalue weighted by Crippen LogP contribution is 2.10. The van der Waals surface area contributed by atoms with Crippen LogP contribution in [0.5, 0.6) is 0 Å². The molecule has 2 aromatic carbocycles. The third-order valence-electron chi connectivity index (χ3n) is 3.37. The lowest BCUT2D eigenvalue weighted by molar-refractivity contribution is 0.316. The van der Waals surface area contributed by atoms with Gasteiger partial charge in [-0.2, -0.15) is 0 Å². The third-order valence-corrected chi connectivity index (χ3v) is 3.37. The zero-order chi connectivity index (χ0) is 15.1. The molecular formula is C17H17F2NO. The van der Waals surface area contributed by atoms with E-state index in [1.165, 1.54) is 24.3 Å². The fourth-order valence-corrected chi connectivity index (χ4v) is 2.10. The molecule has 0 aliphatic carbocycles. The maximum Gasteiger partial charge on any atom is 0.123 e. The summed E-state index contributed by atoms with van der Waals surface area (Å²) in [7, 11) is 0. The SMILES string of the molecule is ON=C(CCc1ccc(F)cc1)CCc1ccc(F)cc1. The van der Waals surface area contributed by atoms with Crippen LogP contribution >= 0.6 is 0 Å². The van der Waals surface area contributed by atoms with E-state index in [4.69, 9.17) is 5.21 Å². The number of nitrogens with zero attached hydrogens (tertiary/aromatic N) is 1. The highest BCUT2D eigenvalue weighted by molar-refractivity contribution is 5.84. The first-order valence-corrected chi connectivity index (χ1v) is 6.86. The Labute approximate surface area is 122 Å². The van der Waals surface area contributed by atoms with E-state index >= 15 is 0 Å². The van der Waals surface area contributed by atoms with E-state index in [9.17, 15) is 8.78 Å². The number of rotatable bonds is 6. The minimum atomic E-state index is -0.258. The smallest absolute Gasteiger partial charge is 0.123 e. The molecule has 4 heteroatoms. The lowest BCUT2D eigenvalue weighted by atomic mass is 10.0. The van der Waals surface area contributed by atoms with Gasteiger partial charge in [0.15, 0.2) is 0 Å². The molecule has 0 aromatic heterocycles. The van der Waals surface area contributed by atoms with Crippen LogP contribution in [-0.2, 0) is 12.8 Å². The van der Waals surface area contributed by atoms with Crippen molar-refractivity contribution < 1.29 is 14.0 Å². The molecule has 0 spiro atoms. The summed E-state index contributed by atoms with van der Waals surface area (Å²) in [5.41, 5.74) is 2.68. The van der Waals surface area contributed by atoms with Crippen LogP contribution in [-0.4, -0.2) is 10.9 Å². The normalized spacial score (nSPS) is 10.4. The quantitative estimate of drug-likeness (QED) is 0.478. The Bertz CT molecular complexity index is 540. The van der Waals surface area contributed by atoms with Crippen LogP contribution in [0, 0.1) is 11.6 Å². The van der Waals surface area contributed by atoms with Crippen molar-refractivity contribution in [1.29, 1.82) is 0 Å². The van der Waals surface area contributed by atoms with Crippen LogP contribution in [0.1, 0.15) is 24.0 Å². The molecule has 0 bridgehead atoms. The first-order chi connectivity index (χ1) is 10.2. The lowest BCUT2D eigenvalue weighted by Crippen LogP contribution is -2.03. The molecule has 2 rings (SSSR count). The summed E-state index contributed by atoms with van der Waals surface area (Å²) in [6.07, 6.45) is 2.62. The Balaban J connectivity index is 1.83. The molecule has 0 atom stereocenters. The first kappa shape index (κ1) is 15.2. The van der Waals surface area contributed by atoms with Gasteiger partial charge >= 0.3 is 0 Å². The molecule has 1 N–H and O–H groups in total. The van der Waals surface area contributed by atoms with Crippen molar-refractivity contribution in [3.8, 4) is 0 Å². The van der Waals surface area contributed by atoms with Crippen LogP contribution in [0.15, 0.2) is 53.7 Å². The second-order valence-electron chi connectivity index (χ2n) is 4.92. The van der Waals surface area contributed by atoms with E-state index in [1.54, 1.807) is 24.3 Å². The van der Waals surface area contributed by atoms with Crippen LogP contribution in [0.4, 0.5) is 8.78 Å². The second-order valence-corrected chi connectivity index (χ2v) is 4.92. The molecule has 2 aromatic rings. The molecule has 0 aliphatic heterocycles. The third kappa shape index (κ3) is 4.99. The number of benzene rings is 2. The summed E-state index contributed by atoms with van der Waals surface area (Å²) in [6, 6.07) is 12.6. The van der Waals surface area contributed by atoms with Crippen LogP contribution in [0.2, 0.25) is 0 Å². The van der Waals surface area contributed by atoms with Gasteiger partial charge < -0.3 is 5.21 Å². The fourth-order valence-electron chi connectivity index (χ4n) is 2.10. The van der Waals surface area contributed by atoms with E-state index in [1.807, 2.05) is 0 Å². The highest BCUT2D eigenvalue weighted by Gasteiger charge is 2.04. The molecule has 110 valence electrons. The lowest BCUT2D eigenvalue weighted by Gasteiger charge is -2.05. The monoisotopic (exact) mass is 289 g/mol. The van der Waals surface area contributed by atoms with Gasteiger partial charge in [0, 0.05) is 0 Å². The first-order valence-electron chi connectivity index (χ1n) is 6.86. The molecule has 0 saturated heterocycles. The van der Waals surface area contributed by atoms with Gasteiger partial charge in [0.05, 0.1) is 5.71 Å². The molecular weight excluding hydrogens is 272 g/mol. The maximum atomic E-state index is 12.8. The van der Waals surface area contributed by atoms with Crippen LogP contribution < -0.4 is 0 Å². The Morgan fingerprint density at radius 3 is 1.48 bits per heavy atom. The van der Waals surface area contributed by atoms with E-state index in [0.717, 1.165) is 11.1 Å².